The number of H-pyrrole nitrogens is 1. The molecule has 0 unspecified atom stereocenters. The van der Waals surface area contributed by atoms with Crippen molar-refractivity contribution in [1.82, 2.24) is 14.7 Å². The molecular weight excluding hydrogens is 298 g/mol. The van der Waals surface area contributed by atoms with E-state index >= 15 is 0 Å². The molecule has 0 spiro atoms. The van der Waals surface area contributed by atoms with Crippen molar-refractivity contribution < 1.29 is 13.3 Å². The van der Waals surface area contributed by atoms with Crippen LogP contribution in [0.2, 0.25) is 0 Å². The van der Waals surface area contributed by atoms with Crippen LogP contribution >= 0.6 is 0 Å². The number of nitrogens with one attached hydrogen (secondary N) is 3. The molecule has 2 aromatic rings. The van der Waals surface area contributed by atoms with Gasteiger partial charge in [-0.2, -0.15) is 0 Å². The van der Waals surface area contributed by atoms with Gasteiger partial charge in [-0.25, -0.2) is 18.1 Å². The summed E-state index contributed by atoms with van der Waals surface area (Å²) in [6.07, 6.45) is 0. The van der Waals surface area contributed by atoms with E-state index in [0.29, 0.717) is 23.5 Å². The van der Waals surface area contributed by atoms with Crippen molar-refractivity contribution in [3.05, 3.63) is 28.3 Å². The summed E-state index contributed by atoms with van der Waals surface area (Å²) in [5.74, 6) is 0.287. The molecule has 114 valence electrons. The number of hydrogen-bond donors (Lipinski definition) is 3. The van der Waals surface area contributed by atoms with E-state index in [1.807, 2.05) is 0 Å². The standard InChI is InChI=1S/C11H15N5O4S/c1-2-13-21(19,20)6-5-12-11-14-9-4-3-8(16(17)18)7-10(9)15-11/h3-4,7,13H,2,5-6H2,1H3,(H2,12,14,15). The van der Waals surface area contributed by atoms with Gasteiger partial charge in [0.15, 0.2) is 0 Å². The first kappa shape index (κ1) is 15.2. The predicted octanol–water partition coefficient (Wildman–Crippen LogP) is 0.822. The summed E-state index contributed by atoms with van der Waals surface area (Å²) in [6, 6.07) is 4.27. The van der Waals surface area contributed by atoms with E-state index in [0.717, 1.165) is 0 Å². The molecular formula is C11H15N5O4S. The number of sulfonamides is 1. The van der Waals surface area contributed by atoms with Crippen molar-refractivity contribution in [1.29, 1.82) is 0 Å². The third kappa shape index (κ3) is 3.89. The lowest BCUT2D eigenvalue weighted by molar-refractivity contribution is -0.384. The van der Waals surface area contributed by atoms with Crippen LogP contribution in [0.4, 0.5) is 11.6 Å². The molecule has 1 aromatic carbocycles. The van der Waals surface area contributed by atoms with Crippen LogP contribution < -0.4 is 10.0 Å². The topological polar surface area (TPSA) is 130 Å². The number of imidazole rings is 1. The Kier molecular flexibility index (Phi) is 4.38. The van der Waals surface area contributed by atoms with Crippen LogP contribution in [0.3, 0.4) is 0 Å². The van der Waals surface area contributed by atoms with Gasteiger partial charge in [0.2, 0.25) is 16.0 Å². The number of benzene rings is 1. The highest BCUT2D eigenvalue weighted by Crippen LogP contribution is 2.20. The second kappa shape index (κ2) is 6.06. The molecule has 9 nitrogen and oxygen atoms in total. The number of fused-ring (bicyclic) bond motifs is 1. The minimum absolute atomic E-state index is 0.0348. The normalized spacial score (nSPS) is 11.7. The maximum absolute atomic E-state index is 11.5. The van der Waals surface area contributed by atoms with E-state index in [4.69, 9.17) is 0 Å². The quantitative estimate of drug-likeness (QED) is 0.512. The molecule has 2 rings (SSSR count). The fraction of sp³-hybridized carbons (Fsp3) is 0.364. The van der Waals surface area contributed by atoms with E-state index in [1.54, 1.807) is 6.92 Å². The molecule has 1 heterocycles. The molecule has 0 bridgehead atoms. The van der Waals surface area contributed by atoms with Gasteiger partial charge < -0.3 is 10.3 Å². The van der Waals surface area contributed by atoms with Gasteiger partial charge in [-0.3, -0.25) is 10.1 Å². The molecule has 0 radical (unpaired) electrons. The molecule has 0 saturated carbocycles. The summed E-state index contributed by atoms with van der Waals surface area (Å²) < 4.78 is 25.3. The van der Waals surface area contributed by atoms with Gasteiger partial charge in [0.25, 0.3) is 5.69 Å². The van der Waals surface area contributed by atoms with Crippen LogP contribution in [0.5, 0.6) is 0 Å². The number of non-ortho nitro benzene ring substituents is 1. The number of hydrogen-bond acceptors (Lipinski definition) is 6. The molecule has 0 aliphatic rings. The van der Waals surface area contributed by atoms with Crippen LogP contribution in [-0.4, -0.2) is 42.2 Å². The minimum atomic E-state index is -3.29. The Morgan fingerprint density at radius 3 is 2.86 bits per heavy atom. The molecule has 0 amide bonds. The lowest BCUT2D eigenvalue weighted by Gasteiger charge is -2.04. The maximum atomic E-state index is 11.5. The lowest BCUT2D eigenvalue weighted by Crippen LogP contribution is -2.29. The summed E-state index contributed by atoms with van der Waals surface area (Å²) in [5.41, 5.74) is 1.05. The van der Waals surface area contributed by atoms with Crippen molar-refractivity contribution >= 4 is 32.7 Å². The first-order valence-corrected chi connectivity index (χ1v) is 7.92. The van der Waals surface area contributed by atoms with Crippen LogP contribution in [0.1, 0.15) is 6.92 Å². The highest BCUT2D eigenvalue weighted by molar-refractivity contribution is 7.89. The monoisotopic (exact) mass is 313 g/mol. The zero-order valence-corrected chi connectivity index (χ0v) is 12.1. The van der Waals surface area contributed by atoms with Crippen molar-refractivity contribution in [2.24, 2.45) is 0 Å². The average Bonchev–Trinajstić information content (AvgIpc) is 2.79. The van der Waals surface area contributed by atoms with Crippen LogP contribution in [0.25, 0.3) is 11.0 Å². The van der Waals surface area contributed by atoms with E-state index in [1.165, 1.54) is 18.2 Å². The Morgan fingerprint density at radius 2 is 2.19 bits per heavy atom. The van der Waals surface area contributed by atoms with Gasteiger partial charge in [0, 0.05) is 25.2 Å². The number of nitro benzene ring substituents is 1. The predicted molar refractivity (Wildman–Crippen MR) is 78.7 cm³/mol. The lowest BCUT2D eigenvalue weighted by atomic mass is 10.3. The first-order chi connectivity index (χ1) is 9.91. The molecule has 0 fully saturated rings. The second-order valence-corrected chi connectivity index (χ2v) is 6.21. The summed E-state index contributed by atoms with van der Waals surface area (Å²) >= 11 is 0. The van der Waals surface area contributed by atoms with Crippen LogP contribution in [0.15, 0.2) is 18.2 Å². The van der Waals surface area contributed by atoms with E-state index in [9.17, 15) is 18.5 Å². The Labute approximate surface area is 121 Å². The molecule has 0 aliphatic carbocycles. The van der Waals surface area contributed by atoms with Gasteiger partial charge in [-0.05, 0) is 6.07 Å². The maximum Gasteiger partial charge on any atom is 0.271 e. The molecule has 21 heavy (non-hydrogen) atoms. The third-order valence-corrected chi connectivity index (χ3v) is 4.17. The highest BCUT2D eigenvalue weighted by Gasteiger charge is 2.11. The molecule has 1 aromatic heterocycles. The van der Waals surface area contributed by atoms with Crippen LogP contribution in [0, 0.1) is 10.1 Å². The van der Waals surface area contributed by atoms with Crippen molar-refractivity contribution in [3.63, 3.8) is 0 Å². The highest BCUT2D eigenvalue weighted by atomic mass is 32.2. The summed E-state index contributed by atoms with van der Waals surface area (Å²) in [5, 5.41) is 13.5. The van der Waals surface area contributed by atoms with Crippen molar-refractivity contribution in [2.45, 2.75) is 6.92 Å². The SMILES string of the molecule is CCNS(=O)(=O)CCNc1nc2ccc([N+](=O)[O-])cc2[nH]1. The first-order valence-electron chi connectivity index (χ1n) is 6.26. The Morgan fingerprint density at radius 1 is 1.43 bits per heavy atom. The summed E-state index contributed by atoms with van der Waals surface area (Å²) in [6.45, 7) is 2.23. The summed E-state index contributed by atoms with van der Waals surface area (Å²) in [4.78, 5) is 17.2. The number of aromatic amines is 1. The number of nitrogens with zero attached hydrogens (tertiary/aromatic N) is 2. The molecule has 0 saturated heterocycles. The van der Waals surface area contributed by atoms with Gasteiger partial charge in [-0.15, -0.1) is 0 Å². The zero-order valence-electron chi connectivity index (χ0n) is 11.3. The Hall–Kier alpha value is -2.20. The number of nitro groups is 1. The Bertz CT molecular complexity index is 755. The van der Waals surface area contributed by atoms with Crippen molar-refractivity contribution in [3.8, 4) is 0 Å². The molecule has 3 N–H and O–H groups in total. The van der Waals surface area contributed by atoms with E-state index < -0.39 is 14.9 Å². The number of anilines is 1. The largest absolute Gasteiger partial charge is 0.355 e. The fourth-order valence-corrected chi connectivity index (χ4v) is 2.75. The minimum Gasteiger partial charge on any atom is -0.355 e. The summed E-state index contributed by atoms with van der Waals surface area (Å²) in [7, 11) is -3.29. The zero-order chi connectivity index (χ0) is 15.5. The molecule has 0 atom stereocenters. The third-order valence-electron chi connectivity index (χ3n) is 2.70. The van der Waals surface area contributed by atoms with Crippen molar-refractivity contribution in [2.75, 3.05) is 24.2 Å². The van der Waals surface area contributed by atoms with Gasteiger partial charge in [0.05, 0.1) is 21.7 Å². The second-order valence-electron chi connectivity index (χ2n) is 4.29. The van der Waals surface area contributed by atoms with Gasteiger partial charge in [-0.1, -0.05) is 6.92 Å². The molecule has 0 aliphatic heterocycles. The average molecular weight is 313 g/mol. The Balaban J connectivity index is 2.05. The van der Waals surface area contributed by atoms with E-state index in [-0.39, 0.29) is 18.0 Å². The fourth-order valence-electron chi connectivity index (χ4n) is 1.79. The molecule has 10 heteroatoms. The van der Waals surface area contributed by atoms with Gasteiger partial charge >= 0.3 is 0 Å². The van der Waals surface area contributed by atoms with E-state index in [2.05, 4.69) is 20.0 Å². The van der Waals surface area contributed by atoms with Crippen LogP contribution in [-0.2, 0) is 10.0 Å². The smallest absolute Gasteiger partial charge is 0.271 e. The van der Waals surface area contributed by atoms with Gasteiger partial charge in [0.1, 0.15) is 0 Å². The number of aromatic nitrogens is 2. The number of rotatable bonds is 7.